The van der Waals surface area contributed by atoms with Crippen LogP contribution in [0.3, 0.4) is 0 Å². The van der Waals surface area contributed by atoms with Gasteiger partial charge in [-0.05, 0) is 36.8 Å². The molecule has 1 aromatic carbocycles. The largest absolute Gasteiger partial charge is 0.454 e. The summed E-state index contributed by atoms with van der Waals surface area (Å²) >= 11 is 0. The Kier molecular flexibility index (Phi) is 3.74. The van der Waals surface area contributed by atoms with E-state index in [0.717, 1.165) is 25.7 Å². The molecule has 0 bridgehead atoms. The van der Waals surface area contributed by atoms with Gasteiger partial charge in [0, 0.05) is 0 Å². The second-order valence-corrected chi connectivity index (χ2v) is 5.24. The molecule has 0 radical (unpaired) electrons. The molecule has 1 aliphatic carbocycles. The molecule has 0 fully saturated rings. The SMILES string of the molecule is CCC(C)C(=O)OC1(CC)CCc2ccccc21. The number of hydrogen-bond donors (Lipinski definition) is 0. The van der Waals surface area contributed by atoms with Crippen LogP contribution in [-0.2, 0) is 21.6 Å². The smallest absolute Gasteiger partial charge is 0.309 e. The van der Waals surface area contributed by atoms with Crippen LogP contribution in [0.5, 0.6) is 0 Å². The van der Waals surface area contributed by atoms with Crippen molar-refractivity contribution in [1.29, 1.82) is 0 Å². The number of hydrogen-bond acceptors (Lipinski definition) is 2. The van der Waals surface area contributed by atoms with Crippen LogP contribution in [0.2, 0.25) is 0 Å². The maximum absolute atomic E-state index is 12.1. The molecule has 0 heterocycles. The van der Waals surface area contributed by atoms with Crippen LogP contribution in [0.25, 0.3) is 0 Å². The number of rotatable bonds is 4. The zero-order valence-corrected chi connectivity index (χ0v) is 11.5. The summed E-state index contributed by atoms with van der Waals surface area (Å²) in [6, 6.07) is 8.34. The quantitative estimate of drug-likeness (QED) is 0.755. The summed E-state index contributed by atoms with van der Waals surface area (Å²) < 4.78 is 5.89. The minimum atomic E-state index is -0.378. The van der Waals surface area contributed by atoms with Gasteiger partial charge in [-0.2, -0.15) is 0 Å². The molecule has 1 aliphatic rings. The number of benzene rings is 1. The molecule has 0 saturated carbocycles. The predicted octanol–water partition coefficient (Wildman–Crippen LogP) is 3.83. The van der Waals surface area contributed by atoms with Crippen LogP contribution < -0.4 is 0 Å². The summed E-state index contributed by atoms with van der Waals surface area (Å²) in [7, 11) is 0. The van der Waals surface area contributed by atoms with Crippen LogP contribution in [0, 0.1) is 5.92 Å². The molecule has 0 spiro atoms. The van der Waals surface area contributed by atoms with Crippen molar-refractivity contribution in [3.63, 3.8) is 0 Å². The zero-order chi connectivity index (χ0) is 13.2. The Morgan fingerprint density at radius 3 is 2.78 bits per heavy atom. The number of carbonyl (C=O) groups excluding carboxylic acids is 1. The van der Waals surface area contributed by atoms with E-state index in [1.807, 2.05) is 19.9 Å². The summed E-state index contributed by atoms with van der Waals surface area (Å²) in [5, 5.41) is 0. The van der Waals surface area contributed by atoms with E-state index in [1.54, 1.807) is 0 Å². The first kappa shape index (κ1) is 13.1. The average Bonchev–Trinajstić information content (AvgIpc) is 2.77. The number of ether oxygens (including phenoxy) is 1. The molecular weight excluding hydrogens is 224 g/mol. The number of fused-ring (bicyclic) bond motifs is 1. The monoisotopic (exact) mass is 246 g/mol. The summed E-state index contributed by atoms with van der Waals surface area (Å²) in [5.41, 5.74) is 2.16. The van der Waals surface area contributed by atoms with Gasteiger partial charge in [-0.15, -0.1) is 0 Å². The molecule has 2 heteroatoms. The van der Waals surface area contributed by atoms with E-state index in [-0.39, 0.29) is 17.5 Å². The second kappa shape index (κ2) is 5.13. The van der Waals surface area contributed by atoms with Crippen molar-refractivity contribution in [3.8, 4) is 0 Å². The molecule has 0 aliphatic heterocycles. The van der Waals surface area contributed by atoms with E-state index in [1.165, 1.54) is 11.1 Å². The van der Waals surface area contributed by atoms with Gasteiger partial charge in [0.25, 0.3) is 0 Å². The van der Waals surface area contributed by atoms with Gasteiger partial charge >= 0.3 is 5.97 Å². The molecular formula is C16H22O2. The molecule has 98 valence electrons. The van der Waals surface area contributed by atoms with Gasteiger partial charge in [-0.25, -0.2) is 0 Å². The van der Waals surface area contributed by atoms with Crippen LogP contribution in [-0.4, -0.2) is 5.97 Å². The Bertz CT molecular complexity index is 438. The third kappa shape index (κ3) is 2.16. The Morgan fingerprint density at radius 1 is 1.39 bits per heavy atom. The summed E-state index contributed by atoms with van der Waals surface area (Å²) in [4.78, 5) is 12.1. The lowest BCUT2D eigenvalue weighted by atomic mass is 9.92. The highest BCUT2D eigenvalue weighted by molar-refractivity contribution is 5.72. The minimum absolute atomic E-state index is 0.0128. The maximum Gasteiger partial charge on any atom is 0.309 e. The Hall–Kier alpha value is -1.31. The summed E-state index contributed by atoms with van der Waals surface area (Å²) in [5.74, 6) is -0.0720. The molecule has 18 heavy (non-hydrogen) atoms. The van der Waals surface area contributed by atoms with E-state index in [4.69, 9.17) is 4.74 Å². The average molecular weight is 246 g/mol. The van der Waals surface area contributed by atoms with Gasteiger partial charge in [0.15, 0.2) is 0 Å². The molecule has 0 aromatic heterocycles. The lowest BCUT2D eigenvalue weighted by Crippen LogP contribution is -2.31. The molecule has 2 rings (SSSR count). The summed E-state index contributed by atoms with van der Waals surface area (Å²) in [6.45, 7) is 6.06. The topological polar surface area (TPSA) is 26.3 Å². The number of aryl methyl sites for hydroxylation is 1. The minimum Gasteiger partial charge on any atom is -0.454 e. The first-order valence-electron chi connectivity index (χ1n) is 6.94. The first-order chi connectivity index (χ1) is 8.63. The molecule has 2 nitrogen and oxygen atoms in total. The Labute approximate surface area is 109 Å². The fraction of sp³-hybridized carbons (Fsp3) is 0.562. The van der Waals surface area contributed by atoms with Crippen LogP contribution >= 0.6 is 0 Å². The van der Waals surface area contributed by atoms with Gasteiger partial charge in [-0.1, -0.05) is 45.0 Å². The van der Waals surface area contributed by atoms with Crippen molar-refractivity contribution in [2.24, 2.45) is 5.92 Å². The van der Waals surface area contributed by atoms with Crippen molar-refractivity contribution in [3.05, 3.63) is 35.4 Å². The van der Waals surface area contributed by atoms with E-state index in [2.05, 4.69) is 25.1 Å². The van der Waals surface area contributed by atoms with Gasteiger partial charge in [0.05, 0.1) is 5.92 Å². The van der Waals surface area contributed by atoms with Crippen LogP contribution in [0.1, 0.15) is 51.2 Å². The van der Waals surface area contributed by atoms with Gasteiger partial charge in [0.1, 0.15) is 5.60 Å². The number of carbonyl (C=O) groups is 1. The second-order valence-electron chi connectivity index (χ2n) is 5.24. The van der Waals surface area contributed by atoms with E-state index in [9.17, 15) is 4.79 Å². The van der Waals surface area contributed by atoms with Crippen LogP contribution in [0.15, 0.2) is 24.3 Å². The highest BCUT2D eigenvalue weighted by Gasteiger charge is 2.41. The van der Waals surface area contributed by atoms with Crippen molar-refractivity contribution < 1.29 is 9.53 Å². The lowest BCUT2D eigenvalue weighted by molar-refractivity contribution is -0.166. The zero-order valence-electron chi connectivity index (χ0n) is 11.5. The van der Waals surface area contributed by atoms with E-state index in [0.29, 0.717) is 0 Å². The Morgan fingerprint density at radius 2 is 2.11 bits per heavy atom. The molecule has 2 unspecified atom stereocenters. The van der Waals surface area contributed by atoms with Crippen molar-refractivity contribution in [2.45, 2.75) is 52.1 Å². The molecule has 1 aromatic rings. The van der Waals surface area contributed by atoms with Gasteiger partial charge < -0.3 is 4.74 Å². The predicted molar refractivity (Wildman–Crippen MR) is 72.3 cm³/mol. The van der Waals surface area contributed by atoms with E-state index >= 15 is 0 Å². The third-order valence-electron chi connectivity index (χ3n) is 4.19. The molecule has 0 amide bonds. The molecule has 0 saturated heterocycles. The summed E-state index contributed by atoms with van der Waals surface area (Å²) in [6.07, 6.45) is 3.62. The van der Waals surface area contributed by atoms with Crippen molar-refractivity contribution >= 4 is 5.97 Å². The van der Waals surface area contributed by atoms with Gasteiger partial charge in [-0.3, -0.25) is 4.79 Å². The standard InChI is InChI=1S/C16H22O2/c1-4-12(3)15(17)18-16(5-2)11-10-13-8-6-7-9-14(13)16/h6-9,12H,4-5,10-11H2,1-3H3. The Balaban J connectivity index is 2.26. The van der Waals surface area contributed by atoms with Crippen LogP contribution in [0.4, 0.5) is 0 Å². The molecule has 0 N–H and O–H groups in total. The highest BCUT2D eigenvalue weighted by Crippen LogP contribution is 2.42. The first-order valence-corrected chi connectivity index (χ1v) is 6.94. The lowest BCUT2D eigenvalue weighted by Gasteiger charge is -2.30. The normalized spacial score (nSPS) is 23.5. The van der Waals surface area contributed by atoms with Crippen molar-refractivity contribution in [1.82, 2.24) is 0 Å². The third-order valence-corrected chi connectivity index (χ3v) is 4.19. The molecule has 2 atom stereocenters. The van der Waals surface area contributed by atoms with Crippen molar-refractivity contribution in [2.75, 3.05) is 0 Å². The van der Waals surface area contributed by atoms with E-state index < -0.39 is 0 Å². The number of esters is 1. The fourth-order valence-corrected chi connectivity index (χ4v) is 2.66. The highest BCUT2D eigenvalue weighted by atomic mass is 16.6. The van der Waals surface area contributed by atoms with Gasteiger partial charge in [0.2, 0.25) is 0 Å². The fourth-order valence-electron chi connectivity index (χ4n) is 2.66. The maximum atomic E-state index is 12.1.